The van der Waals surface area contributed by atoms with Gasteiger partial charge in [-0.05, 0) is 28.5 Å². The summed E-state index contributed by atoms with van der Waals surface area (Å²) >= 11 is 1.37. The first-order valence-electron chi connectivity index (χ1n) is 3.11. The molecule has 1 aromatic carbocycles. The van der Waals surface area contributed by atoms with Gasteiger partial charge in [0.15, 0.2) is 5.52 Å². The van der Waals surface area contributed by atoms with Crippen molar-refractivity contribution in [3.63, 3.8) is 0 Å². The lowest BCUT2D eigenvalue weighted by Gasteiger charge is -1.75. The number of benzene rings is 1. The molecule has 0 bridgehead atoms. The van der Waals surface area contributed by atoms with Gasteiger partial charge in [0.05, 0.1) is 10.1 Å². The van der Waals surface area contributed by atoms with E-state index >= 15 is 0 Å². The Bertz CT molecular complexity index is 393. The van der Waals surface area contributed by atoms with Gasteiger partial charge in [-0.15, -0.1) is 0 Å². The van der Waals surface area contributed by atoms with Gasteiger partial charge in [-0.1, -0.05) is 12.1 Å². The monoisotopic (exact) mass is 162 g/mol. The molecule has 0 saturated carbocycles. The first-order chi connectivity index (χ1) is 5.40. The van der Waals surface area contributed by atoms with Crippen molar-refractivity contribution in [2.75, 3.05) is 0 Å². The van der Waals surface area contributed by atoms with Gasteiger partial charge in [0.1, 0.15) is 0 Å². The average Bonchev–Trinajstić information content (AvgIpc) is 2.46. The van der Waals surface area contributed by atoms with Crippen molar-refractivity contribution in [2.45, 2.75) is 0 Å². The van der Waals surface area contributed by atoms with E-state index in [0.29, 0.717) is 5.13 Å². The summed E-state index contributed by atoms with van der Waals surface area (Å²) in [5.41, 5.74) is 0.880. The third-order valence-corrected chi connectivity index (χ3v) is 2.29. The van der Waals surface area contributed by atoms with Gasteiger partial charge < -0.3 is 0 Å². The molecule has 3 nitrogen and oxygen atoms in total. The number of hydrogen-bond acceptors (Lipinski definition) is 3. The van der Waals surface area contributed by atoms with Crippen LogP contribution in [-0.2, 0) is 0 Å². The van der Waals surface area contributed by atoms with E-state index in [9.17, 15) is 0 Å². The number of nitrogens with zero attached hydrogens (tertiary/aromatic N) is 3. The highest BCUT2D eigenvalue weighted by molar-refractivity contribution is 7.22. The fourth-order valence-corrected chi connectivity index (χ4v) is 1.65. The molecule has 0 fully saturated rings. The van der Waals surface area contributed by atoms with Crippen molar-refractivity contribution in [3.05, 3.63) is 29.2 Å². The van der Waals surface area contributed by atoms with Crippen LogP contribution in [-0.4, -0.2) is 4.98 Å². The van der Waals surface area contributed by atoms with E-state index < -0.39 is 0 Å². The van der Waals surface area contributed by atoms with Crippen LogP contribution in [0.2, 0.25) is 0 Å². The highest BCUT2D eigenvalue weighted by Gasteiger charge is 2.12. The molecule has 0 radical (unpaired) electrons. The van der Waals surface area contributed by atoms with Crippen molar-refractivity contribution in [1.82, 2.24) is 4.98 Å². The van der Waals surface area contributed by atoms with Crippen molar-refractivity contribution in [3.8, 4) is 0 Å². The Morgan fingerprint density at radius 1 is 1.36 bits per heavy atom. The zero-order chi connectivity index (χ0) is 7.68. The largest absolute Gasteiger partial charge is 0.524 e. The summed E-state index contributed by atoms with van der Waals surface area (Å²) in [6, 6.07) is 7.67. The van der Waals surface area contributed by atoms with E-state index in [1.54, 1.807) is 0 Å². The Labute approximate surface area is 66.9 Å². The molecule has 0 unspecified atom stereocenters. The average molecular weight is 162 g/mol. The Balaban J connectivity index is 2.81. The summed E-state index contributed by atoms with van der Waals surface area (Å²) in [4.78, 5) is 7.05. The van der Waals surface area contributed by atoms with E-state index in [2.05, 4.69) is 9.96 Å². The number of aromatic nitrogens is 1. The molecule has 2 aromatic rings. The molecule has 1 aromatic heterocycles. The van der Waals surface area contributed by atoms with Crippen LogP contribution in [0.25, 0.3) is 15.2 Å². The minimum atomic E-state index is 0.409. The van der Waals surface area contributed by atoms with Crippen molar-refractivity contribution < 1.29 is 0 Å². The molecule has 0 aliphatic rings. The third-order valence-electron chi connectivity index (χ3n) is 1.37. The number of para-hydroxylation sites is 1. The van der Waals surface area contributed by atoms with Gasteiger partial charge >= 0.3 is 5.13 Å². The summed E-state index contributed by atoms with van der Waals surface area (Å²) in [6.07, 6.45) is 0. The summed E-state index contributed by atoms with van der Waals surface area (Å²) in [7, 11) is 0. The smallest absolute Gasteiger partial charge is 0.0605 e. The molecule has 0 aliphatic carbocycles. The van der Waals surface area contributed by atoms with Gasteiger partial charge in [-0.3, -0.25) is 0 Å². The number of thiazole rings is 1. The molecule has 0 amide bonds. The quantitative estimate of drug-likeness (QED) is 0.559. The van der Waals surface area contributed by atoms with Gasteiger partial charge in [0, 0.05) is 4.98 Å². The van der Waals surface area contributed by atoms with Crippen molar-refractivity contribution in [1.29, 1.82) is 5.39 Å². The summed E-state index contributed by atoms with van der Waals surface area (Å²) in [5.74, 6) is 0. The fourth-order valence-electron chi connectivity index (χ4n) is 0.903. The Morgan fingerprint density at radius 2 is 2.18 bits per heavy atom. The van der Waals surface area contributed by atoms with Crippen molar-refractivity contribution in [2.24, 2.45) is 0 Å². The van der Waals surface area contributed by atoms with Crippen LogP contribution in [0.1, 0.15) is 0 Å². The molecule has 2 rings (SSSR count). The minimum Gasteiger partial charge on any atom is -0.0605 e. The SMILES string of the molecule is N#[N+]c1nc2ccccc2s1. The third kappa shape index (κ3) is 0.954. The van der Waals surface area contributed by atoms with E-state index in [1.165, 1.54) is 11.3 Å². The molecular formula is C7H4N3S+. The normalized spacial score (nSPS) is 9.73. The lowest BCUT2D eigenvalue weighted by atomic mass is 10.3. The van der Waals surface area contributed by atoms with Crippen LogP contribution in [0.5, 0.6) is 0 Å². The second-order valence-electron chi connectivity index (χ2n) is 2.06. The molecule has 11 heavy (non-hydrogen) atoms. The van der Waals surface area contributed by atoms with Gasteiger partial charge in [-0.2, -0.15) is 0 Å². The molecule has 0 spiro atoms. The van der Waals surface area contributed by atoms with Crippen LogP contribution >= 0.6 is 11.3 Å². The van der Waals surface area contributed by atoms with Crippen LogP contribution in [0.15, 0.2) is 24.3 Å². The summed E-state index contributed by atoms with van der Waals surface area (Å²) in [6.45, 7) is 0. The van der Waals surface area contributed by atoms with E-state index in [4.69, 9.17) is 5.39 Å². The molecule has 1 heterocycles. The predicted octanol–water partition coefficient (Wildman–Crippen LogP) is 2.78. The maximum atomic E-state index is 8.41. The lowest BCUT2D eigenvalue weighted by molar-refractivity contribution is 1.42. The predicted molar refractivity (Wildman–Crippen MR) is 44.4 cm³/mol. The Kier molecular flexibility index (Phi) is 1.30. The van der Waals surface area contributed by atoms with Gasteiger partial charge in [-0.25, -0.2) is 0 Å². The fraction of sp³-hybridized carbons (Fsp3) is 0. The van der Waals surface area contributed by atoms with Gasteiger partial charge in [0.25, 0.3) is 0 Å². The number of fused-ring (bicyclic) bond motifs is 1. The Hall–Kier alpha value is -1.47. The maximum absolute atomic E-state index is 8.41. The lowest BCUT2D eigenvalue weighted by Crippen LogP contribution is -1.62. The summed E-state index contributed by atoms with van der Waals surface area (Å²) in [5, 5.41) is 8.82. The maximum Gasteiger partial charge on any atom is 0.524 e. The Morgan fingerprint density at radius 3 is 2.91 bits per heavy atom. The topological polar surface area (TPSA) is 41.0 Å². The highest BCUT2D eigenvalue weighted by atomic mass is 32.1. The van der Waals surface area contributed by atoms with Crippen LogP contribution in [0.3, 0.4) is 0 Å². The van der Waals surface area contributed by atoms with Crippen LogP contribution < -0.4 is 0 Å². The molecule has 0 N–H and O–H groups in total. The van der Waals surface area contributed by atoms with Crippen molar-refractivity contribution >= 4 is 26.7 Å². The summed E-state index contributed by atoms with van der Waals surface area (Å²) < 4.78 is 1.04. The molecule has 0 atom stereocenters. The zero-order valence-corrected chi connectivity index (χ0v) is 6.38. The van der Waals surface area contributed by atoms with Gasteiger partial charge in [0.2, 0.25) is 0 Å². The standard InChI is InChI=1S/C7H4N3S/c8-10-7-9-5-3-1-2-4-6(5)11-7/h1-4H/q+1. The highest BCUT2D eigenvalue weighted by Crippen LogP contribution is 2.26. The number of hydrogen-bond donors (Lipinski definition) is 0. The first-order valence-corrected chi connectivity index (χ1v) is 3.92. The molecule has 52 valence electrons. The van der Waals surface area contributed by atoms with E-state index in [1.807, 2.05) is 24.3 Å². The number of rotatable bonds is 0. The first kappa shape index (κ1) is 6.25. The second-order valence-corrected chi connectivity index (χ2v) is 3.07. The second kappa shape index (κ2) is 2.29. The molecule has 4 heteroatoms. The number of diazo groups is 1. The molecular weight excluding hydrogens is 158 g/mol. The minimum absolute atomic E-state index is 0.409. The molecule has 0 saturated heterocycles. The van der Waals surface area contributed by atoms with Crippen LogP contribution in [0, 0.1) is 5.39 Å². The van der Waals surface area contributed by atoms with E-state index in [-0.39, 0.29) is 0 Å². The van der Waals surface area contributed by atoms with Crippen LogP contribution in [0.4, 0.5) is 5.13 Å². The van der Waals surface area contributed by atoms with E-state index in [0.717, 1.165) is 10.2 Å². The molecule has 0 aliphatic heterocycles. The zero-order valence-electron chi connectivity index (χ0n) is 5.56.